The Kier molecular flexibility index (Phi) is 5.02. The molecule has 0 atom stereocenters. The van der Waals surface area contributed by atoms with E-state index in [0.717, 1.165) is 27.9 Å². The number of aromatic nitrogens is 2. The third-order valence-corrected chi connectivity index (χ3v) is 7.43. The van der Waals surface area contributed by atoms with Crippen molar-refractivity contribution in [2.24, 2.45) is 0 Å². The van der Waals surface area contributed by atoms with Crippen molar-refractivity contribution in [1.82, 2.24) is 9.55 Å². The van der Waals surface area contributed by atoms with Crippen LogP contribution >= 0.6 is 0 Å². The Bertz CT molecular complexity index is 1880. The van der Waals surface area contributed by atoms with Gasteiger partial charge in [-0.1, -0.05) is 87.5 Å². The summed E-state index contributed by atoms with van der Waals surface area (Å²) in [6, 6.07) is 40.8. The van der Waals surface area contributed by atoms with E-state index in [1.807, 2.05) is 0 Å². The second-order valence-electron chi connectivity index (χ2n) is 10.9. The van der Waals surface area contributed by atoms with E-state index < -0.39 is 0 Å². The molecule has 0 aliphatic rings. The summed E-state index contributed by atoms with van der Waals surface area (Å²) in [7, 11) is 0. The van der Waals surface area contributed by atoms with E-state index in [1.165, 1.54) is 32.9 Å². The number of oxazole rings is 1. The largest absolute Gasteiger partial charge is 0.436 e. The predicted octanol–water partition coefficient (Wildman–Crippen LogP) is 9.56. The van der Waals surface area contributed by atoms with E-state index in [9.17, 15) is 0 Å². The maximum Gasteiger partial charge on any atom is 0.227 e. The Morgan fingerprint density at radius 1 is 0.605 bits per heavy atom. The van der Waals surface area contributed by atoms with Crippen molar-refractivity contribution in [3.63, 3.8) is 0 Å². The van der Waals surface area contributed by atoms with Crippen LogP contribution in [0.2, 0.25) is 0 Å². The minimum absolute atomic E-state index is 0.0693. The number of rotatable bonds is 3. The van der Waals surface area contributed by atoms with Crippen LogP contribution in [0.5, 0.6) is 0 Å². The van der Waals surface area contributed by atoms with Crippen molar-refractivity contribution in [3.8, 4) is 28.3 Å². The van der Waals surface area contributed by atoms with Crippen molar-refractivity contribution >= 4 is 32.9 Å². The van der Waals surface area contributed by atoms with Crippen molar-refractivity contribution in [3.05, 3.63) is 121 Å². The molecule has 2 aromatic heterocycles. The number of fused-ring (bicyclic) bond motifs is 4. The quantitative estimate of drug-likeness (QED) is 0.246. The third-order valence-electron chi connectivity index (χ3n) is 7.43. The molecule has 0 saturated carbocycles. The molecule has 0 aliphatic carbocycles. The lowest BCUT2D eigenvalue weighted by Crippen LogP contribution is -2.10. The first-order valence-electron chi connectivity index (χ1n) is 13.1. The Morgan fingerprint density at radius 3 is 1.76 bits per heavy atom. The van der Waals surface area contributed by atoms with E-state index in [2.05, 4.69) is 141 Å². The second kappa shape index (κ2) is 8.46. The summed E-state index contributed by atoms with van der Waals surface area (Å²) >= 11 is 0. The molecule has 0 unspecified atom stereocenters. The van der Waals surface area contributed by atoms with Gasteiger partial charge in [-0.25, -0.2) is 4.98 Å². The van der Waals surface area contributed by atoms with Crippen LogP contribution < -0.4 is 0 Å². The number of para-hydroxylation sites is 2. The maximum atomic E-state index is 6.15. The molecule has 7 rings (SSSR count). The molecular formula is C35H28N2O. The molecule has 0 N–H and O–H groups in total. The van der Waals surface area contributed by atoms with Crippen LogP contribution in [0, 0.1) is 0 Å². The molecule has 0 saturated heterocycles. The van der Waals surface area contributed by atoms with E-state index in [4.69, 9.17) is 9.40 Å². The molecule has 0 bridgehead atoms. The Balaban J connectivity index is 1.21. The first-order valence-corrected chi connectivity index (χ1v) is 13.1. The fourth-order valence-electron chi connectivity index (χ4n) is 5.32. The van der Waals surface area contributed by atoms with Gasteiger partial charge in [-0.3, -0.25) is 0 Å². The van der Waals surface area contributed by atoms with Crippen LogP contribution in [-0.2, 0) is 5.41 Å². The van der Waals surface area contributed by atoms with E-state index in [1.54, 1.807) is 0 Å². The highest BCUT2D eigenvalue weighted by atomic mass is 16.3. The van der Waals surface area contributed by atoms with Crippen LogP contribution in [0.4, 0.5) is 0 Å². The van der Waals surface area contributed by atoms with E-state index in [-0.39, 0.29) is 5.41 Å². The fraction of sp³-hybridized carbons (Fsp3) is 0.114. The van der Waals surface area contributed by atoms with Gasteiger partial charge in [-0.15, -0.1) is 0 Å². The molecule has 0 aliphatic heterocycles. The highest BCUT2D eigenvalue weighted by Crippen LogP contribution is 2.33. The van der Waals surface area contributed by atoms with Gasteiger partial charge >= 0.3 is 0 Å². The number of benzene rings is 5. The summed E-state index contributed by atoms with van der Waals surface area (Å²) in [5, 5.41) is 2.55. The highest BCUT2D eigenvalue weighted by Gasteiger charge is 2.17. The molecular weight excluding hydrogens is 464 g/mol. The molecule has 0 amide bonds. The van der Waals surface area contributed by atoms with Crippen molar-refractivity contribution in [1.29, 1.82) is 0 Å². The number of hydrogen-bond donors (Lipinski definition) is 0. The van der Waals surface area contributed by atoms with Crippen LogP contribution in [0.1, 0.15) is 26.3 Å². The fourth-order valence-corrected chi connectivity index (χ4v) is 5.32. The molecule has 38 heavy (non-hydrogen) atoms. The van der Waals surface area contributed by atoms with Crippen molar-refractivity contribution < 1.29 is 4.42 Å². The lowest BCUT2D eigenvalue weighted by atomic mass is 9.87. The van der Waals surface area contributed by atoms with Gasteiger partial charge in [0, 0.05) is 22.0 Å². The van der Waals surface area contributed by atoms with Gasteiger partial charge in [-0.05, 0) is 70.6 Å². The topological polar surface area (TPSA) is 31.0 Å². The molecule has 0 radical (unpaired) electrons. The van der Waals surface area contributed by atoms with Gasteiger partial charge in [0.1, 0.15) is 5.52 Å². The van der Waals surface area contributed by atoms with Gasteiger partial charge < -0.3 is 8.98 Å². The highest BCUT2D eigenvalue weighted by molar-refractivity contribution is 6.09. The summed E-state index contributed by atoms with van der Waals surface area (Å²) in [5.74, 6) is 0.652. The lowest BCUT2D eigenvalue weighted by Gasteiger charge is -2.18. The van der Waals surface area contributed by atoms with Gasteiger partial charge in [0.2, 0.25) is 5.89 Å². The molecule has 0 fully saturated rings. The molecule has 2 heterocycles. The first kappa shape index (κ1) is 22.6. The number of nitrogens with zero attached hydrogens (tertiary/aromatic N) is 2. The zero-order valence-electron chi connectivity index (χ0n) is 21.8. The smallest absolute Gasteiger partial charge is 0.227 e. The Labute approximate surface area is 222 Å². The average Bonchev–Trinajstić information content (AvgIpc) is 3.52. The third kappa shape index (κ3) is 3.71. The van der Waals surface area contributed by atoms with Crippen molar-refractivity contribution in [2.45, 2.75) is 26.2 Å². The molecule has 7 aromatic rings. The van der Waals surface area contributed by atoms with Crippen LogP contribution in [-0.4, -0.2) is 9.55 Å². The number of hydrogen-bond acceptors (Lipinski definition) is 2. The first-order chi connectivity index (χ1) is 18.5. The van der Waals surface area contributed by atoms with Crippen LogP contribution in [0.25, 0.3) is 61.2 Å². The monoisotopic (exact) mass is 492 g/mol. The van der Waals surface area contributed by atoms with Crippen LogP contribution in [0.3, 0.4) is 0 Å². The summed E-state index contributed by atoms with van der Waals surface area (Å²) in [6.07, 6.45) is 0. The Morgan fingerprint density at radius 2 is 1.16 bits per heavy atom. The minimum Gasteiger partial charge on any atom is -0.436 e. The van der Waals surface area contributed by atoms with Gasteiger partial charge in [0.25, 0.3) is 0 Å². The summed E-state index contributed by atoms with van der Waals surface area (Å²) in [6.45, 7) is 6.62. The minimum atomic E-state index is 0.0693. The molecule has 0 spiro atoms. The van der Waals surface area contributed by atoms with E-state index in [0.29, 0.717) is 5.89 Å². The summed E-state index contributed by atoms with van der Waals surface area (Å²) in [4.78, 5) is 4.73. The maximum absolute atomic E-state index is 6.15. The van der Waals surface area contributed by atoms with Crippen LogP contribution in [0.15, 0.2) is 120 Å². The zero-order valence-corrected chi connectivity index (χ0v) is 21.8. The van der Waals surface area contributed by atoms with Crippen molar-refractivity contribution in [2.75, 3.05) is 0 Å². The molecule has 5 aromatic carbocycles. The molecule has 184 valence electrons. The molecule has 3 nitrogen and oxygen atoms in total. The molecule has 3 heteroatoms. The second-order valence-corrected chi connectivity index (χ2v) is 10.9. The SMILES string of the molecule is CC(C)(C)c1ccc2nc(-c3ccc(-c4ccc(-n5c6ccccc6c6ccccc65)cc4)cc3)oc2c1. The van der Waals surface area contributed by atoms with Gasteiger partial charge in [0.05, 0.1) is 11.0 Å². The summed E-state index contributed by atoms with van der Waals surface area (Å²) in [5.41, 5.74) is 9.94. The van der Waals surface area contributed by atoms with Gasteiger partial charge in [-0.2, -0.15) is 0 Å². The predicted molar refractivity (Wildman–Crippen MR) is 158 cm³/mol. The zero-order chi connectivity index (χ0) is 25.9. The lowest BCUT2D eigenvalue weighted by molar-refractivity contribution is 0.584. The Hall–Kier alpha value is -4.63. The standard InChI is InChI=1S/C35H28N2O/c1-35(2,3)26-18-21-30-33(22-26)38-34(36-30)25-14-12-23(13-15-25)24-16-19-27(20-17-24)37-31-10-6-4-8-28(31)29-9-5-7-11-32(29)37/h4-22H,1-3H3. The van der Waals surface area contributed by atoms with E-state index >= 15 is 0 Å². The summed E-state index contributed by atoms with van der Waals surface area (Å²) < 4.78 is 8.49. The normalized spacial score (nSPS) is 12.1. The van der Waals surface area contributed by atoms with Gasteiger partial charge in [0.15, 0.2) is 5.58 Å². The average molecular weight is 493 g/mol.